The summed E-state index contributed by atoms with van der Waals surface area (Å²) in [5.74, 6) is 0. The van der Waals surface area contributed by atoms with Crippen molar-refractivity contribution in [1.82, 2.24) is 0 Å². The third-order valence-electron chi connectivity index (χ3n) is 2.36. The molecule has 0 spiro atoms. The zero-order chi connectivity index (χ0) is 12.8. The van der Waals surface area contributed by atoms with Crippen LogP contribution in [-0.2, 0) is 14.2 Å². The molecule has 17 heavy (non-hydrogen) atoms. The van der Waals surface area contributed by atoms with Crippen LogP contribution in [0.3, 0.4) is 0 Å². The first-order chi connectivity index (χ1) is 8.31. The number of ether oxygens (including phenoxy) is 3. The summed E-state index contributed by atoms with van der Waals surface area (Å²) >= 11 is 0. The summed E-state index contributed by atoms with van der Waals surface area (Å²) in [6.07, 6.45) is 4.40. The van der Waals surface area contributed by atoms with E-state index in [0.717, 1.165) is 32.3 Å². The Balaban J connectivity index is 3.02. The average molecular weight is 248 g/mol. The third-order valence-corrected chi connectivity index (χ3v) is 2.36. The number of aliphatic hydroxyl groups is 1. The first-order valence-electron chi connectivity index (χ1n) is 6.76. The molecule has 0 radical (unpaired) electrons. The highest BCUT2D eigenvalue weighted by molar-refractivity contribution is 4.42. The Bertz CT molecular complexity index is 141. The van der Waals surface area contributed by atoms with Crippen LogP contribution in [0.5, 0.6) is 0 Å². The summed E-state index contributed by atoms with van der Waals surface area (Å²) < 4.78 is 15.8. The van der Waals surface area contributed by atoms with E-state index in [1.165, 1.54) is 0 Å². The second-order valence-corrected chi connectivity index (χ2v) is 4.05. The van der Waals surface area contributed by atoms with E-state index in [4.69, 9.17) is 14.2 Å². The summed E-state index contributed by atoms with van der Waals surface area (Å²) in [6, 6.07) is 0. The maximum absolute atomic E-state index is 9.38. The molecule has 4 heteroatoms. The number of hydrogen-bond acceptors (Lipinski definition) is 4. The van der Waals surface area contributed by atoms with Crippen molar-refractivity contribution in [3.63, 3.8) is 0 Å². The number of rotatable bonds is 13. The van der Waals surface area contributed by atoms with Crippen LogP contribution in [-0.4, -0.2) is 44.4 Å². The van der Waals surface area contributed by atoms with Crippen molar-refractivity contribution < 1.29 is 19.3 Å². The van der Waals surface area contributed by atoms with Crippen LogP contribution in [0, 0.1) is 0 Å². The van der Waals surface area contributed by atoms with Crippen LogP contribution in [0.2, 0.25) is 0 Å². The maximum Gasteiger partial charge on any atom is 0.154 e. The Labute approximate surface area is 105 Å². The summed E-state index contributed by atoms with van der Waals surface area (Å²) in [5, 5.41) is 9.38. The highest BCUT2D eigenvalue weighted by Crippen LogP contribution is 2.01. The van der Waals surface area contributed by atoms with Crippen LogP contribution in [0.25, 0.3) is 0 Å². The fraction of sp³-hybridized carbons (Fsp3) is 1.00. The smallest absolute Gasteiger partial charge is 0.154 e. The lowest BCUT2D eigenvalue weighted by molar-refractivity contribution is -0.117. The van der Waals surface area contributed by atoms with E-state index in [1.807, 2.05) is 0 Å². The minimum Gasteiger partial charge on any atom is -0.379 e. The van der Waals surface area contributed by atoms with Crippen LogP contribution in [0.4, 0.5) is 0 Å². The van der Waals surface area contributed by atoms with Crippen molar-refractivity contribution in [2.45, 2.75) is 52.2 Å². The Morgan fingerprint density at radius 1 is 0.824 bits per heavy atom. The van der Waals surface area contributed by atoms with E-state index in [1.54, 1.807) is 0 Å². The molecule has 0 fully saturated rings. The number of hydrogen-bond donors (Lipinski definition) is 1. The molecule has 0 rings (SSSR count). The molecule has 0 aromatic carbocycles. The molecular formula is C13H28O4. The Morgan fingerprint density at radius 3 is 2.06 bits per heavy atom. The van der Waals surface area contributed by atoms with E-state index >= 15 is 0 Å². The van der Waals surface area contributed by atoms with Crippen molar-refractivity contribution in [1.29, 1.82) is 0 Å². The highest BCUT2D eigenvalue weighted by Gasteiger charge is 2.02. The lowest BCUT2D eigenvalue weighted by Gasteiger charge is -2.11. The van der Waals surface area contributed by atoms with Gasteiger partial charge in [0.15, 0.2) is 6.29 Å². The molecule has 0 aromatic heterocycles. The summed E-state index contributed by atoms with van der Waals surface area (Å²) in [6.45, 7) is 7.23. The normalized spacial score (nSPS) is 12.9. The van der Waals surface area contributed by atoms with Crippen LogP contribution >= 0.6 is 0 Å². The molecular weight excluding hydrogens is 220 g/mol. The lowest BCUT2D eigenvalue weighted by Crippen LogP contribution is -2.16. The first-order valence-corrected chi connectivity index (χ1v) is 6.76. The SMILES string of the molecule is CCCCOCCOCCOC(O)CCCC. The molecule has 104 valence electrons. The zero-order valence-corrected chi connectivity index (χ0v) is 11.3. The quantitative estimate of drug-likeness (QED) is 0.401. The molecule has 0 heterocycles. The number of aliphatic hydroxyl groups excluding tert-OH is 1. The van der Waals surface area contributed by atoms with Crippen molar-refractivity contribution in [3.05, 3.63) is 0 Å². The monoisotopic (exact) mass is 248 g/mol. The zero-order valence-electron chi connectivity index (χ0n) is 11.3. The van der Waals surface area contributed by atoms with Crippen LogP contribution in [0.15, 0.2) is 0 Å². The fourth-order valence-electron chi connectivity index (χ4n) is 1.27. The molecule has 0 aliphatic heterocycles. The summed E-state index contributed by atoms with van der Waals surface area (Å²) in [4.78, 5) is 0. The summed E-state index contributed by atoms with van der Waals surface area (Å²) in [5.41, 5.74) is 0. The third kappa shape index (κ3) is 13.8. The predicted molar refractivity (Wildman–Crippen MR) is 68.0 cm³/mol. The van der Waals surface area contributed by atoms with E-state index in [9.17, 15) is 5.11 Å². The van der Waals surface area contributed by atoms with Gasteiger partial charge in [0.25, 0.3) is 0 Å². The van der Waals surface area contributed by atoms with Gasteiger partial charge in [-0.05, 0) is 19.3 Å². The van der Waals surface area contributed by atoms with Gasteiger partial charge >= 0.3 is 0 Å². The van der Waals surface area contributed by atoms with E-state index in [-0.39, 0.29) is 0 Å². The van der Waals surface area contributed by atoms with Gasteiger partial charge in [0.05, 0.1) is 26.4 Å². The molecule has 1 atom stereocenters. The number of unbranched alkanes of at least 4 members (excludes halogenated alkanes) is 2. The molecule has 0 amide bonds. The van der Waals surface area contributed by atoms with Gasteiger partial charge in [-0.3, -0.25) is 0 Å². The fourth-order valence-corrected chi connectivity index (χ4v) is 1.27. The molecule has 1 N–H and O–H groups in total. The van der Waals surface area contributed by atoms with Gasteiger partial charge in [-0.15, -0.1) is 0 Å². The second-order valence-electron chi connectivity index (χ2n) is 4.05. The van der Waals surface area contributed by atoms with Crippen molar-refractivity contribution >= 4 is 0 Å². The van der Waals surface area contributed by atoms with Gasteiger partial charge in [-0.1, -0.05) is 26.7 Å². The minimum absolute atomic E-state index is 0.444. The van der Waals surface area contributed by atoms with Gasteiger partial charge in [0.1, 0.15) is 0 Å². The predicted octanol–water partition coefficient (Wildman–Crippen LogP) is 2.34. The molecule has 0 aliphatic carbocycles. The highest BCUT2D eigenvalue weighted by atomic mass is 16.6. The molecule has 0 saturated heterocycles. The summed E-state index contributed by atoms with van der Waals surface area (Å²) in [7, 11) is 0. The molecule has 0 saturated carbocycles. The van der Waals surface area contributed by atoms with Gasteiger partial charge in [-0.25, -0.2) is 0 Å². The first kappa shape index (κ1) is 16.8. The van der Waals surface area contributed by atoms with E-state index < -0.39 is 6.29 Å². The lowest BCUT2D eigenvalue weighted by atomic mass is 10.2. The minimum atomic E-state index is -0.639. The largest absolute Gasteiger partial charge is 0.379 e. The second kappa shape index (κ2) is 13.9. The van der Waals surface area contributed by atoms with Gasteiger partial charge < -0.3 is 19.3 Å². The van der Waals surface area contributed by atoms with Gasteiger partial charge in [0, 0.05) is 6.61 Å². The van der Waals surface area contributed by atoms with Gasteiger partial charge in [-0.2, -0.15) is 0 Å². The standard InChI is InChI=1S/C13H28O4/c1-3-5-7-13(14)17-12-11-16-10-9-15-8-6-4-2/h13-14H,3-12H2,1-2H3. The Hall–Kier alpha value is -0.160. The maximum atomic E-state index is 9.38. The molecule has 1 unspecified atom stereocenters. The van der Waals surface area contributed by atoms with E-state index in [2.05, 4.69) is 13.8 Å². The molecule has 0 aliphatic rings. The van der Waals surface area contributed by atoms with E-state index in [0.29, 0.717) is 32.8 Å². The van der Waals surface area contributed by atoms with Gasteiger partial charge in [0.2, 0.25) is 0 Å². The molecule has 0 bridgehead atoms. The van der Waals surface area contributed by atoms with Crippen LogP contribution in [0.1, 0.15) is 46.0 Å². The average Bonchev–Trinajstić information content (AvgIpc) is 2.34. The van der Waals surface area contributed by atoms with Crippen molar-refractivity contribution in [3.8, 4) is 0 Å². The molecule has 0 aromatic rings. The topological polar surface area (TPSA) is 47.9 Å². The Kier molecular flexibility index (Phi) is 13.8. The Morgan fingerprint density at radius 2 is 1.41 bits per heavy atom. The van der Waals surface area contributed by atoms with Crippen molar-refractivity contribution in [2.24, 2.45) is 0 Å². The van der Waals surface area contributed by atoms with Crippen LogP contribution < -0.4 is 0 Å². The van der Waals surface area contributed by atoms with Crippen molar-refractivity contribution in [2.75, 3.05) is 33.0 Å². The molecule has 4 nitrogen and oxygen atoms in total.